The van der Waals surface area contributed by atoms with Gasteiger partial charge in [0.15, 0.2) is 5.82 Å². The predicted molar refractivity (Wildman–Crippen MR) is 127 cm³/mol. The molecule has 2 heterocycles. The first-order valence-corrected chi connectivity index (χ1v) is 12.4. The third kappa shape index (κ3) is 4.10. The van der Waals surface area contributed by atoms with E-state index >= 15 is 0 Å². The lowest BCUT2D eigenvalue weighted by atomic mass is 10.00. The Morgan fingerprint density at radius 3 is 2.44 bits per heavy atom. The van der Waals surface area contributed by atoms with Gasteiger partial charge in [0, 0.05) is 11.3 Å². The second-order valence-electron chi connectivity index (χ2n) is 8.26. The van der Waals surface area contributed by atoms with E-state index in [0.29, 0.717) is 29.2 Å². The van der Waals surface area contributed by atoms with Crippen LogP contribution in [0.5, 0.6) is 0 Å². The number of anilines is 2. The second kappa shape index (κ2) is 8.92. The van der Waals surface area contributed by atoms with Gasteiger partial charge >= 0.3 is 0 Å². The number of rotatable bonds is 7. The minimum atomic E-state index is -3.80. The van der Waals surface area contributed by atoms with Gasteiger partial charge in [-0.05, 0) is 50.5 Å². The van der Waals surface area contributed by atoms with Gasteiger partial charge in [0.25, 0.3) is 10.0 Å². The molecule has 0 amide bonds. The van der Waals surface area contributed by atoms with E-state index < -0.39 is 22.3 Å². The Balaban J connectivity index is 1.78. The summed E-state index contributed by atoms with van der Waals surface area (Å²) < 4.78 is 28.7. The monoisotopic (exact) mass is 451 g/mol. The highest BCUT2D eigenvalue weighted by Gasteiger charge is 2.40. The van der Waals surface area contributed by atoms with Crippen LogP contribution in [0.2, 0.25) is 0 Å². The summed E-state index contributed by atoms with van der Waals surface area (Å²) in [5.74, 6) is 0.383. The van der Waals surface area contributed by atoms with Crippen molar-refractivity contribution in [2.45, 2.75) is 57.2 Å². The molecule has 32 heavy (non-hydrogen) atoms. The lowest BCUT2D eigenvalue weighted by Gasteiger charge is -2.25. The molecule has 2 atom stereocenters. The molecule has 2 N–H and O–H groups in total. The van der Waals surface area contributed by atoms with Gasteiger partial charge < -0.3 is 10.4 Å². The number of sulfonamides is 1. The molecular weight excluding hydrogens is 422 g/mol. The van der Waals surface area contributed by atoms with E-state index in [9.17, 15) is 13.5 Å². The molecule has 0 saturated carbocycles. The van der Waals surface area contributed by atoms with Crippen molar-refractivity contribution in [3.05, 3.63) is 83.0 Å². The number of benzene rings is 2. The van der Waals surface area contributed by atoms with E-state index in [1.165, 1.54) is 4.31 Å². The van der Waals surface area contributed by atoms with Crippen LogP contribution < -0.4 is 9.62 Å². The molecule has 168 valence electrons. The van der Waals surface area contributed by atoms with Crippen molar-refractivity contribution >= 4 is 21.5 Å². The lowest BCUT2D eigenvalue weighted by molar-refractivity contribution is 0.219. The summed E-state index contributed by atoms with van der Waals surface area (Å²) in [6.45, 7) is 5.81. The molecule has 0 spiro atoms. The first kappa shape index (κ1) is 22.3. The van der Waals surface area contributed by atoms with Crippen LogP contribution in [0.1, 0.15) is 54.7 Å². The zero-order chi connectivity index (χ0) is 22.9. The molecule has 7 heteroatoms. The molecule has 2 unspecified atom stereocenters. The minimum Gasteiger partial charge on any atom is -0.384 e. The summed E-state index contributed by atoms with van der Waals surface area (Å²) >= 11 is 0. The minimum absolute atomic E-state index is 0.243. The van der Waals surface area contributed by atoms with Crippen LogP contribution in [0.4, 0.5) is 11.5 Å². The molecule has 0 fully saturated rings. The molecule has 6 nitrogen and oxygen atoms in total. The van der Waals surface area contributed by atoms with Gasteiger partial charge in [0.05, 0.1) is 10.6 Å². The number of aliphatic hydroxyl groups excluding tert-OH is 1. The molecule has 4 rings (SSSR count). The number of hydrogen-bond acceptors (Lipinski definition) is 5. The summed E-state index contributed by atoms with van der Waals surface area (Å²) in [6.07, 6.45) is 1.23. The van der Waals surface area contributed by atoms with Crippen molar-refractivity contribution in [2.75, 3.05) is 9.62 Å². The summed E-state index contributed by atoms with van der Waals surface area (Å²) in [4.78, 5) is 4.92. The Hall–Kier alpha value is -2.90. The summed E-state index contributed by atoms with van der Waals surface area (Å²) in [5, 5.41) is 14.3. The largest absolute Gasteiger partial charge is 0.384 e. The third-order valence-corrected chi connectivity index (χ3v) is 7.68. The van der Waals surface area contributed by atoms with Crippen LogP contribution in [0.25, 0.3) is 0 Å². The van der Waals surface area contributed by atoms with E-state index in [2.05, 4.69) is 17.2 Å². The molecule has 2 aromatic carbocycles. The molecular formula is C25H29N3O3S. The first-order chi connectivity index (χ1) is 15.3. The van der Waals surface area contributed by atoms with E-state index in [0.717, 1.165) is 24.0 Å². The number of fused-ring (bicyclic) bond motifs is 1. The Kier molecular flexibility index (Phi) is 6.22. The quantitative estimate of drug-likeness (QED) is 0.533. The number of aromatic nitrogens is 1. The number of aliphatic hydroxyl groups is 1. The summed E-state index contributed by atoms with van der Waals surface area (Å²) in [5.41, 5.74) is 3.65. The van der Waals surface area contributed by atoms with Crippen LogP contribution in [0.15, 0.2) is 65.6 Å². The van der Waals surface area contributed by atoms with Crippen LogP contribution in [0.3, 0.4) is 0 Å². The number of pyridine rings is 1. The molecule has 1 aromatic heterocycles. The lowest BCUT2D eigenvalue weighted by Crippen LogP contribution is -2.40. The first-order valence-electron chi connectivity index (χ1n) is 10.9. The van der Waals surface area contributed by atoms with Gasteiger partial charge in [-0.15, -0.1) is 0 Å². The normalized spacial score (nSPS) is 16.5. The predicted octanol–water partition coefficient (Wildman–Crippen LogP) is 4.92. The van der Waals surface area contributed by atoms with E-state index in [-0.39, 0.29) is 4.90 Å². The van der Waals surface area contributed by atoms with Crippen molar-refractivity contribution < 1.29 is 13.5 Å². The average molecular weight is 452 g/mol. The van der Waals surface area contributed by atoms with E-state index in [4.69, 9.17) is 0 Å². The molecule has 0 bridgehead atoms. The Morgan fingerprint density at radius 1 is 1.09 bits per heavy atom. The van der Waals surface area contributed by atoms with Crippen LogP contribution >= 0.6 is 0 Å². The molecule has 0 saturated heterocycles. The topological polar surface area (TPSA) is 82.5 Å². The molecule has 0 radical (unpaired) electrons. The number of unbranched alkanes of at least 4 members (excludes halogenated alkanes) is 1. The van der Waals surface area contributed by atoms with Crippen molar-refractivity contribution in [1.82, 2.24) is 4.98 Å². The van der Waals surface area contributed by atoms with Gasteiger partial charge in [0.1, 0.15) is 12.3 Å². The van der Waals surface area contributed by atoms with Gasteiger partial charge in [-0.1, -0.05) is 61.4 Å². The zero-order valence-corrected chi connectivity index (χ0v) is 19.4. The number of aryl methyl sites for hydroxylation is 2. The number of hydrogen-bond donors (Lipinski definition) is 2. The fourth-order valence-corrected chi connectivity index (χ4v) is 5.62. The highest BCUT2D eigenvalue weighted by Crippen LogP contribution is 2.41. The summed E-state index contributed by atoms with van der Waals surface area (Å²) in [7, 11) is -3.80. The molecule has 3 aromatic rings. The SMILES string of the molecule is CCCCC1Nc2cc(C(O)c3ccccc3)c(C)nc2N1S(=O)(=O)c1ccc(C)cc1. The zero-order valence-electron chi connectivity index (χ0n) is 18.6. The summed E-state index contributed by atoms with van der Waals surface area (Å²) in [6, 6.07) is 18.1. The Morgan fingerprint density at radius 2 is 1.78 bits per heavy atom. The maximum Gasteiger partial charge on any atom is 0.267 e. The molecule has 0 aliphatic carbocycles. The van der Waals surface area contributed by atoms with Gasteiger partial charge in [-0.25, -0.2) is 17.7 Å². The number of nitrogens with one attached hydrogen (secondary N) is 1. The highest BCUT2D eigenvalue weighted by atomic mass is 32.2. The maximum atomic E-state index is 13.6. The smallest absolute Gasteiger partial charge is 0.267 e. The van der Waals surface area contributed by atoms with E-state index in [1.54, 1.807) is 31.2 Å². The van der Waals surface area contributed by atoms with Crippen molar-refractivity contribution in [2.24, 2.45) is 0 Å². The average Bonchev–Trinajstić information content (AvgIpc) is 3.15. The Bertz CT molecular complexity index is 1200. The fraction of sp³-hybridized carbons (Fsp3) is 0.320. The standard InChI is InChI=1S/C25H29N3O3S/c1-4-5-11-23-27-22-16-21(24(29)19-9-7-6-8-10-19)18(3)26-25(22)28(23)32(30,31)20-14-12-17(2)13-15-20/h6-10,12-16,23-24,27,29H,4-5,11H2,1-3H3. The van der Waals surface area contributed by atoms with Gasteiger partial charge in [-0.3, -0.25) is 0 Å². The molecule has 1 aliphatic rings. The Labute approximate surface area is 190 Å². The van der Waals surface area contributed by atoms with Crippen LogP contribution in [-0.2, 0) is 10.0 Å². The van der Waals surface area contributed by atoms with Crippen LogP contribution in [0, 0.1) is 13.8 Å². The van der Waals surface area contributed by atoms with Crippen molar-refractivity contribution in [3.8, 4) is 0 Å². The van der Waals surface area contributed by atoms with E-state index in [1.807, 2.05) is 43.3 Å². The number of nitrogens with zero attached hydrogens (tertiary/aromatic N) is 2. The maximum absolute atomic E-state index is 13.6. The second-order valence-corrected chi connectivity index (χ2v) is 10.1. The highest BCUT2D eigenvalue weighted by molar-refractivity contribution is 7.92. The van der Waals surface area contributed by atoms with Crippen molar-refractivity contribution in [1.29, 1.82) is 0 Å². The fourth-order valence-electron chi connectivity index (χ4n) is 4.05. The molecule has 1 aliphatic heterocycles. The van der Waals surface area contributed by atoms with Crippen LogP contribution in [-0.4, -0.2) is 24.7 Å². The van der Waals surface area contributed by atoms with Gasteiger partial charge in [-0.2, -0.15) is 0 Å². The third-order valence-electron chi connectivity index (χ3n) is 5.86. The van der Waals surface area contributed by atoms with Crippen molar-refractivity contribution in [3.63, 3.8) is 0 Å². The van der Waals surface area contributed by atoms with Gasteiger partial charge in [0.2, 0.25) is 0 Å².